The summed E-state index contributed by atoms with van der Waals surface area (Å²) < 4.78 is 11.6. The van der Waals surface area contributed by atoms with Gasteiger partial charge in [-0.15, -0.1) is 6.58 Å². The zero-order valence-electron chi connectivity index (χ0n) is 22.8. The highest BCUT2D eigenvalue weighted by Gasteiger charge is 2.42. The molecule has 0 spiro atoms. The summed E-state index contributed by atoms with van der Waals surface area (Å²) in [6, 6.07) is 16.9. The van der Waals surface area contributed by atoms with E-state index in [1.165, 1.54) is 7.11 Å². The Kier molecular flexibility index (Phi) is 10.3. The maximum atomic E-state index is 13.2. The molecule has 0 bridgehead atoms. The number of hydrogen-bond donors (Lipinski definition) is 0. The van der Waals surface area contributed by atoms with Crippen LogP contribution in [-0.4, -0.2) is 84.6 Å². The van der Waals surface area contributed by atoms with Crippen molar-refractivity contribution in [1.82, 2.24) is 14.7 Å². The van der Waals surface area contributed by atoms with E-state index < -0.39 is 18.1 Å². The number of ether oxygens (including phenoxy) is 2. The minimum absolute atomic E-state index is 0.00168. The van der Waals surface area contributed by atoms with Crippen molar-refractivity contribution in [2.45, 2.75) is 51.9 Å². The molecule has 0 saturated carbocycles. The molecule has 4 atom stereocenters. The fraction of sp³-hybridized carbons (Fsp3) is 0.467. The molecular weight excluding hydrogens is 466 g/mol. The smallest absolute Gasteiger partial charge is 0.349 e. The van der Waals surface area contributed by atoms with Gasteiger partial charge in [-0.2, -0.15) is 0 Å². The highest BCUT2D eigenvalue weighted by Crippen LogP contribution is 2.33. The Morgan fingerprint density at radius 2 is 1.68 bits per heavy atom. The Bertz CT molecular complexity index is 1020. The van der Waals surface area contributed by atoms with Gasteiger partial charge in [0.1, 0.15) is 5.75 Å². The number of esters is 1. The molecule has 2 aromatic carbocycles. The van der Waals surface area contributed by atoms with Crippen molar-refractivity contribution in [3.63, 3.8) is 0 Å². The van der Waals surface area contributed by atoms with Crippen molar-refractivity contribution in [3.05, 3.63) is 78.4 Å². The Morgan fingerprint density at radius 3 is 2.24 bits per heavy atom. The van der Waals surface area contributed by atoms with Crippen molar-refractivity contribution in [2.24, 2.45) is 0 Å². The minimum Gasteiger partial charge on any atom is -0.477 e. The van der Waals surface area contributed by atoms with E-state index in [2.05, 4.69) is 30.2 Å². The van der Waals surface area contributed by atoms with Gasteiger partial charge in [0.05, 0.1) is 13.2 Å². The Hall–Kier alpha value is -3.16. The van der Waals surface area contributed by atoms with Crippen LogP contribution in [0.5, 0.6) is 5.75 Å². The average molecular weight is 508 g/mol. The van der Waals surface area contributed by atoms with Gasteiger partial charge in [0.2, 0.25) is 6.10 Å². The van der Waals surface area contributed by atoms with Gasteiger partial charge in [-0.25, -0.2) is 4.79 Å². The number of piperazine rings is 1. The van der Waals surface area contributed by atoms with Crippen molar-refractivity contribution in [3.8, 4) is 5.75 Å². The average Bonchev–Trinajstić information content (AvgIpc) is 2.92. The van der Waals surface area contributed by atoms with E-state index in [1.54, 1.807) is 4.90 Å². The Labute approximate surface area is 221 Å². The number of rotatable bonds is 11. The van der Waals surface area contributed by atoms with Gasteiger partial charge in [0, 0.05) is 50.4 Å². The van der Waals surface area contributed by atoms with Crippen LogP contribution in [0.4, 0.5) is 0 Å². The van der Waals surface area contributed by atoms with Crippen LogP contribution in [0.1, 0.15) is 49.7 Å². The van der Waals surface area contributed by atoms with E-state index in [9.17, 15) is 9.59 Å². The van der Waals surface area contributed by atoms with Gasteiger partial charge in [0.25, 0.3) is 5.91 Å². The molecule has 1 aliphatic rings. The third kappa shape index (κ3) is 6.79. The lowest BCUT2D eigenvalue weighted by atomic mass is 9.94. The third-order valence-electron chi connectivity index (χ3n) is 7.16. The second-order valence-corrected chi connectivity index (χ2v) is 9.56. The van der Waals surface area contributed by atoms with Crippen LogP contribution in [0.2, 0.25) is 0 Å². The van der Waals surface area contributed by atoms with Crippen molar-refractivity contribution in [1.29, 1.82) is 0 Å². The van der Waals surface area contributed by atoms with Gasteiger partial charge < -0.3 is 14.4 Å². The summed E-state index contributed by atoms with van der Waals surface area (Å²) in [5.74, 6) is 0.158. The molecule has 1 heterocycles. The number of hydrogen-bond acceptors (Lipinski definition) is 6. The summed E-state index contributed by atoms with van der Waals surface area (Å²) in [5, 5.41) is 0. The number of nitrogens with zero attached hydrogens (tertiary/aromatic N) is 3. The van der Waals surface area contributed by atoms with Crippen LogP contribution in [0.15, 0.2) is 67.3 Å². The monoisotopic (exact) mass is 507 g/mol. The highest BCUT2D eigenvalue weighted by atomic mass is 16.6. The lowest BCUT2D eigenvalue weighted by Gasteiger charge is -2.48. The summed E-state index contributed by atoms with van der Waals surface area (Å²) in [5.41, 5.74) is 1.53. The molecule has 2 aromatic rings. The number of carbonyl (C=O) groups is 2. The first kappa shape index (κ1) is 28.4. The molecule has 1 fully saturated rings. The van der Waals surface area contributed by atoms with Crippen LogP contribution < -0.4 is 4.74 Å². The quantitative estimate of drug-likeness (QED) is 0.332. The second-order valence-electron chi connectivity index (χ2n) is 9.56. The van der Waals surface area contributed by atoms with Crippen LogP contribution in [-0.2, 0) is 9.53 Å². The molecule has 1 aliphatic heterocycles. The molecule has 200 valence electrons. The predicted molar refractivity (Wildman–Crippen MR) is 147 cm³/mol. The fourth-order valence-electron chi connectivity index (χ4n) is 5.09. The highest BCUT2D eigenvalue weighted by molar-refractivity contribution is 5.94. The van der Waals surface area contributed by atoms with Gasteiger partial charge in [-0.1, -0.05) is 36.4 Å². The molecule has 37 heavy (non-hydrogen) atoms. The standard InChI is InChI=1S/C30H41N3O4/c1-7-19-32-20-23(5)33(21-22(32)4)27(28(30(35)36-6)37-26-13-11-10-12-14-26)24-15-17-25(18-16-24)29(34)31(8-2)9-3/h7,10-18,22-23,27-28H,1,8-9,19-21H2,2-6H3/t22-,23+,27?,28-/m1/s1. The van der Waals surface area contributed by atoms with Crippen molar-refractivity contribution >= 4 is 11.9 Å². The van der Waals surface area contributed by atoms with Gasteiger partial charge in [-0.05, 0) is 57.5 Å². The Balaban J connectivity index is 2.03. The lowest BCUT2D eigenvalue weighted by Crippen LogP contribution is -2.59. The van der Waals surface area contributed by atoms with Crippen molar-refractivity contribution < 1.29 is 19.1 Å². The van der Waals surface area contributed by atoms with Crippen molar-refractivity contribution in [2.75, 3.05) is 39.8 Å². The Morgan fingerprint density at radius 1 is 1.03 bits per heavy atom. The van der Waals surface area contributed by atoms with Crippen LogP contribution >= 0.6 is 0 Å². The summed E-state index contributed by atoms with van der Waals surface area (Å²) in [6.45, 7) is 15.9. The first-order chi connectivity index (χ1) is 17.8. The molecule has 0 radical (unpaired) electrons. The summed E-state index contributed by atoms with van der Waals surface area (Å²) in [6.07, 6.45) is 1.04. The van der Waals surface area contributed by atoms with Crippen LogP contribution in [0, 0.1) is 0 Å². The molecule has 1 unspecified atom stereocenters. The SMILES string of the molecule is C=CCN1C[C@H](C)N(C(c2ccc(C(=O)N(CC)CC)cc2)[C@@H](Oc2ccccc2)C(=O)OC)C[C@H]1C. The summed E-state index contributed by atoms with van der Waals surface area (Å²) >= 11 is 0. The largest absolute Gasteiger partial charge is 0.477 e. The molecule has 7 nitrogen and oxygen atoms in total. The number of carbonyl (C=O) groups excluding carboxylic acids is 2. The zero-order chi connectivity index (χ0) is 26.9. The maximum Gasteiger partial charge on any atom is 0.349 e. The van der Waals surface area contributed by atoms with Gasteiger partial charge in [-0.3, -0.25) is 14.6 Å². The van der Waals surface area contributed by atoms with E-state index in [0.29, 0.717) is 24.4 Å². The zero-order valence-corrected chi connectivity index (χ0v) is 22.8. The maximum absolute atomic E-state index is 13.2. The number of amides is 1. The number of benzene rings is 2. The number of para-hydroxylation sites is 1. The van der Waals surface area contributed by atoms with E-state index in [-0.39, 0.29) is 18.0 Å². The van der Waals surface area contributed by atoms with Crippen LogP contribution in [0.3, 0.4) is 0 Å². The molecular formula is C30H41N3O4. The minimum atomic E-state index is -0.891. The van der Waals surface area contributed by atoms with Gasteiger partial charge in [0.15, 0.2) is 0 Å². The first-order valence-electron chi connectivity index (χ1n) is 13.1. The molecule has 0 N–H and O–H groups in total. The second kappa shape index (κ2) is 13.4. The van der Waals surface area contributed by atoms with E-state index in [4.69, 9.17) is 9.47 Å². The third-order valence-corrected chi connectivity index (χ3v) is 7.16. The topological polar surface area (TPSA) is 62.3 Å². The predicted octanol–water partition coefficient (Wildman–Crippen LogP) is 4.41. The fourth-order valence-corrected chi connectivity index (χ4v) is 5.09. The van der Waals surface area contributed by atoms with E-state index in [1.807, 2.05) is 74.5 Å². The summed E-state index contributed by atoms with van der Waals surface area (Å²) in [7, 11) is 1.39. The molecule has 0 aliphatic carbocycles. The normalized spacial score (nSPS) is 20.0. The molecule has 3 rings (SSSR count). The summed E-state index contributed by atoms with van der Waals surface area (Å²) in [4.78, 5) is 32.6. The first-order valence-corrected chi connectivity index (χ1v) is 13.1. The number of methoxy groups -OCH3 is 1. The van der Waals surface area contributed by atoms with Crippen LogP contribution in [0.25, 0.3) is 0 Å². The molecule has 0 aromatic heterocycles. The molecule has 1 saturated heterocycles. The van der Waals surface area contributed by atoms with Gasteiger partial charge >= 0.3 is 5.97 Å². The lowest BCUT2D eigenvalue weighted by molar-refractivity contribution is -0.154. The van der Waals surface area contributed by atoms with E-state index in [0.717, 1.165) is 25.2 Å². The molecule has 7 heteroatoms. The molecule has 1 amide bonds. The van der Waals surface area contributed by atoms with E-state index >= 15 is 0 Å².